The third kappa shape index (κ3) is 4.70. The molecule has 35 heavy (non-hydrogen) atoms. The standard InChI is InChI=1S/C24H15Cl2F5N2O2/c1-12-7-16(27)5-6-17(12)22(34)32-19-4-2-3-18(21(19)28)20-11-23(35-33-20,24(29,30)31)13-8-14(25)10-15(26)9-13/h2-10H,11H2,1H3,(H,32,34). The summed E-state index contributed by atoms with van der Waals surface area (Å²) in [7, 11) is 0. The Labute approximate surface area is 206 Å². The van der Waals surface area contributed by atoms with Crippen molar-refractivity contribution in [2.24, 2.45) is 5.16 Å². The van der Waals surface area contributed by atoms with Gasteiger partial charge in [-0.15, -0.1) is 0 Å². The van der Waals surface area contributed by atoms with E-state index in [0.717, 1.165) is 24.3 Å². The van der Waals surface area contributed by atoms with Crippen molar-refractivity contribution in [1.82, 2.24) is 0 Å². The van der Waals surface area contributed by atoms with E-state index in [2.05, 4.69) is 10.5 Å². The molecular weight excluding hydrogens is 514 g/mol. The second-order valence-electron chi connectivity index (χ2n) is 7.87. The van der Waals surface area contributed by atoms with Crippen LogP contribution < -0.4 is 5.32 Å². The predicted octanol–water partition coefficient (Wildman–Crippen LogP) is 7.41. The lowest BCUT2D eigenvalue weighted by Gasteiger charge is -2.29. The van der Waals surface area contributed by atoms with Gasteiger partial charge in [0.05, 0.1) is 17.8 Å². The number of halogens is 7. The molecule has 1 amide bonds. The highest BCUT2D eigenvalue weighted by Gasteiger charge is 2.62. The maximum Gasteiger partial charge on any atom is 0.435 e. The number of nitrogens with zero attached hydrogens (tertiary/aromatic N) is 1. The van der Waals surface area contributed by atoms with Crippen LogP contribution in [0.2, 0.25) is 10.0 Å². The minimum absolute atomic E-state index is 0.0415. The van der Waals surface area contributed by atoms with Gasteiger partial charge in [-0.3, -0.25) is 4.79 Å². The van der Waals surface area contributed by atoms with Crippen molar-refractivity contribution < 1.29 is 31.6 Å². The summed E-state index contributed by atoms with van der Waals surface area (Å²) >= 11 is 11.8. The van der Waals surface area contributed by atoms with Crippen LogP contribution in [0.15, 0.2) is 59.8 Å². The van der Waals surface area contributed by atoms with Crippen LogP contribution in [0.4, 0.5) is 27.6 Å². The van der Waals surface area contributed by atoms with E-state index in [0.29, 0.717) is 5.56 Å². The van der Waals surface area contributed by atoms with E-state index in [1.165, 1.54) is 37.3 Å². The summed E-state index contributed by atoms with van der Waals surface area (Å²) < 4.78 is 71.2. The SMILES string of the molecule is Cc1cc(F)ccc1C(=O)Nc1cccc(C2=NOC(c3cc(Cl)cc(Cl)c3)(C(F)(F)F)C2)c1F. The van der Waals surface area contributed by atoms with Crippen molar-refractivity contribution in [2.45, 2.75) is 25.1 Å². The fraction of sp³-hybridized carbons (Fsp3) is 0.167. The highest BCUT2D eigenvalue weighted by Crippen LogP contribution is 2.50. The Hall–Kier alpha value is -3.17. The van der Waals surface area contributed by atoms with Crippen molar-refractivity contribution in [2.75, 3.05) is 5.32 Å². The molecule has 1 N–H and O–H groups in total. The van der Waals surface area contributed by atoms with Gasteiger partial charge in [0, 0.05) is 26.7 Å². The molecule has 0 saturated carbocycles. The normalized spacial score (nSPS) is 17.7. The largest absolute Gasteiger partial charge is 0.435 e. The molecular formula is C24H15Cl2F5N2O2. The number of carbonyl (C=O) groups is 1. The fourth-order valence-corrected chi connectivity index (χ4v) is 4.28. The summed E-state index contributed by atoms with van der Waals surface area (Å²) in [6.45, 7) is 1.51. The van der Waals surface area contributed by atoms with Crippen LogP contribution in [-0.2, 0) is 10.4 Å². The van der Waals surface area contributed by atoms with Crippen molar-refractivity contribution >= 4 is 40.5 Å². The topological polar surface area (TPSA) is 50.7 Å². The molecule has 11 heteroatoms. The molecule has 3 aromatic rings. The molecule has 0 radical (unpaired) electrons. The number of alkyl halides is 3. The van der Waals surface area contributed by atoms with Gasteiger partial charge in [0.25, 0.3) is 11.5 Å². The lowest BCUT2D eigenvalue weighted by Crippen LogP contribution is -2.42. The number of amides is 1. The Kier molecular flexibility index (Phi) is 6.50. The van der Waals surface area contributed by atoms with Crippen LogP contribution in [0.3, 0.4) is 0 Å². The van der Waals surface area contributed by atoms with Gasteiger partial charge in [-0.25, -0.2) is 8.78 Å². The summed E-state index contributed by atoms with van der Waals surface area (Å²) in [5, 5.41) is 5.82. The second-order valence-corrected chi connectivity index (χ2v) is 8.74. The molecule has 1 aliphatic heterocycles. The van der Waals surface area contributed by atoms with E-state index >= 15 is 4.39 Å². The molecule has 0 fully saturated rings. The fourth-order valence-electron chi connectivity index (χ4n) is 3.76. The van der Waals surface area contributed by atoms with Crippen LogP contribution in [-0.4, -0.2) is 17.8 Å². The van der Waals surface area contributed by atoms with Gasteiger partial charge in [-0.1, -0.05) is 34.4 Å². The minimum atomic E-state index is -4.95. The average Bonchev–Trinajstić information content (AvgIpc) is 3.21. The number of rotatable bonds is 4. The highest BCUT2D eigenvalue weighted by atomic mass is 35.5. The lowest BCUT2D eigenvalue weighted by atomic mass is 9.86. The summed E-state index contributed by atoms with van der Waals surface area (Å²) in [6, 6.07) is 10.6. The Bertz CT molecular complexity index is 1340. The molecule has 0 aromatic heterocycles. The van der Waals surface area contributed by atoms with E-state index < -0.39 is 41.3 Å². The first-order chi connectivity index (χ1) is 16.4. The molecule has 4 nitrogen and oxygen atoms in total. The van der Waals surface area contributed by atoms with Gasteiger partial charge in [0.1, 0.15) is 5.82 Å². The van der Waals surface area contributed by atoms with Crippen molar-refractivity contribution in [3.63, 3.8) is 0 Å². The Balaban J connectivity index is 1.66. The van der Waals surface area contributed by atoms with Crippen molar-refractivity contribution in [3.05, 3.63) is 98.5 Å². The second kappa shape index (κ2) is 9.13. The van der Waals surface area contributed by atoms with E-state index in [4.69, 9.17) is 28.0 Å². The zero-order valence-corrected chi connectivity index (χ0v) is 19.3. The maximum atomic E-state index is 15.3. The summed E-state index contributed by atoms with van der Waals surface area (Å²) in [5.41, 5.74) is -3.82. The van der Waals surface area contributed by atoms with E-state index in [-0.39, 0.29) is 32.6 Å². The number of aryl methyl sites for hydroxylation is 1. The van der Waals surface area contributed by atoms with Crippen LogP contribution in [0, 0.1) is 18.6 Å². The van der Waals surface area contributed by atoms with Gasteiger partial charge in [0.2, 0.25) is 0 Å². The summed E-state index contributed by atoms with van der Waals surface area (Å²) in [6.07, 6.45) is -5.81. The molecule has 0 aliphatic carbocycles. The molecule has 3 aromatic carbocycles. The quantitative estimate of drug-likeness (QED) is 0.358. The van der Waals surface area contributed by atoms with E-state index in [1.807, 2.05) is 0 Å². The van der Waals surface area contributed by atoms with Crippen molar-refractivity contribution in [3.8, 4) is 0 Å². The molecule has 1 aliphatic rings. The van der Waals surface area contributed by atoms with Crippen LogP contribution in [0.5, 0.6) is 0 Å². The smallest absolute Gasteiger partial charge is 0.374 e. The van der Waals surface area contributed by atoms with E-state index in [9.17, 15) is 22.4 Å². The zero-order chi connectivity index (χ0) is 25.5. The Morgan fingerprint density at radius 3 is 2.37 bits per heavy atom. The number of hydrogen-bond acceptors (Lipinski definition) is 3. The average molecular weight is 529 g/mol. The monoisotopic (exact) mass is 528 g/mol. The Morgan fingerprint density at radius 1 is 1.06 bits per heavy atom. The van der Waals surface area contributed by atoms with Gasteiger partial charge >= 0.3 is 6.18 Å². The summed E-state index contributed by atoms with van der Waals surface area (Å²) in [5.74, 6) is -2.27. The first-order valence-electron chi connectivity index (χ1n) is 10.1. The van der Waals surface area contributed by atoms with Gasteiger partial charge in [-0.2, -0.15) is 13.2 Å². The van der Waals surface area contributed by atoms with Crippen LogP contribution >= 0.6 is 23.2 Å². The predicted molar refractivity (Wildman–Crippen MR) is 122 cm³/mol. The number of nitrogens with one attached hydrogen (secondary N) is 1. The molecule has 0 saturated heterocycles. The number of carbonyl (C=O) groups excluding carboxylic acids is 1. The Morgan fingerprint density at radius 2 is 1.74 bits per heavy atom. The summed E-state index contributed by atoms with van der Waals surface area (Å²) in [4.78, 5) is 17.5. The minimum Gasteiger partial charge on any atom is -0.374 e. The number of hydrogen-bond donors (Lipinski definition) is 1. The van der Waals surface area contributed by atoms with E-state index in [1.54, 1.807) is 0 Å². The molecule has 1 unspecified atom stereocenters. The molecule has 182 valence electrons. The third-order valence-corrected chi connectivity index (χ3v) is 5.94. The molecule has 0 spiro atoms. The van der Waals surface area contributed by atoms with Crippen molar-refractivity contribution in [1.29, 1.82) is 0 Å². The molecule has 1 atom stereocenters. The molecule has 0 bridgehead atoms. The number of anilines is 1. The zero-order valence-electron chi connectivity index (χ0n) is 17.8. The first kappa shape index (κ1) is 24.9. The number of benzene rings is 3. The number of oxime groups is 1. The maximum absolute atomic E-state index is 15.3. The van der Waals surface area contributed by atoms with Gasteiger partial charge in [-0.05, 0) is 61.0 Å². The highest BCUT2D eigenvalue weighted by molar-refractivity contribution is 6.34. The third-order valence-electron chi connectivity index (χ3n) is 5.51. The first-order valence-corrected chi connectivity index (χ1v) is 10.8. The van der Waals surface area contributed by atoms with Crippen LogP contribution in [0.1, 0.15) is 33.5 Å². The molecule has 4 rings (SSSR count). The lowest BCUT2D eigenvalue weighted by molar-refractivity contribution is -0.275. The molecule has 1 heterocycles. The van der Waals surface area contributed by atoms with Gasteiger partial charge in [0.15, 0.2) is 5.82 Å². The van der Waals surface area contributed by atoms with Crippen LogP contribution in [0.25, 0.3) is 0 Å². The van der Waals surface area contributed by atoms with Gasteiger partial charge < -0.3 is 10.2 Å².